The minimum Gasteiger partial charge on any atom is -0.375 e. The number of benzene rings is 2. The van der Waals surface area contributed by atoms with Crippen LogP contribution in [0.3, 0.4) is 0 Å². The highest BCUT2D eigenvalue weighted by Gasteiger charge is 2.29. The van der Waals surface area contributed by atoms with Crippen LogP contribution in [0.1, 0.15) is 19.4 Å². The normalized spacial score (nSPS) is 11.0. The van der Waals surface area contributed by atoms with Crippen molar-refractivity contribution in [1.29, 1.82) is 0 Å². The Morgan fingerprint density at radius 3 is 2.00 bits per heavy atom. The van der Waals surface area contributed by atoms with Gasteiger partial charge in [-0.05, 0) is 55.8 Å². The lowest BCUT2D eigenvalue weighted by Crippen LogP contribution is -2.34. The Hall–Kier alpha value is -2.37. The summed E-state index contributed by atoms with van der Waals surface area (Å²) in [6.45, 7) is 3.70. The van der Waals surface area contributed by atoms with Crippen LogP contribution >= 0.6 is 11.6 Å². The number of carbonyl (C=O) groups excluding carboxylic acids is 2. The van der Waals surface area contributed by atoms with Crippen molar-refractivity contribution in [2.24, 2.45) is 0 Å². The number of methoxy groups -OCH3 is 1. The highest BCUT2D eigenvalue weighted by Crippen LogP contribution is 2.26. The smallest absolute Gasteiger partial charge is 0.250 e. The lowest BCUT2D eigenvalue weighted by Gasteiger charge is -2.24. The molecule has 2 aromatic rings. The number of rotatable bonds is 6. The van der Waals surface area contributed by atoms with Gasteiger partial charge in [0.15, 0.2) is 0 Å². The maximum atomic E-state index is 12.6. The fraction of sp³-hybridized carbons (Fsp3) is 0.263. The largest absolute Gasteiger partial charge is 0.375 e. The molecule has 0 aliphatic carbocycles. The Morgan fingerprint density at radius 2 is 1.48 bits per heavy atom. The van der Waals surface area contributed by atoms with E-state index >= 15 is 0 Å². The first-order chi connectivity index (χ1) is 11.8. The number of halogens is 1. The zero-order valence-corrected chi connectivity index (χ0v) is 15.2. The second-order valence-corrected chi connectivity index (χ2v) is 6.58. The predicted molar refractivity (Wildman–Crippen MR) is 100 cm³/mol. The Labute approximate surface area is 152 Å². The predicted octanol–water partition coefficient (Wildman–Crippen LogP) is 3.84. The molecule has 0 heterocycles. The summed E-state index contributed by atoms with van der Waals surface area (Å²) in [6, 6.07) is 14.1. The van der Waals surface area contributed by atoms with E-state index in [0.29, 0.717) is 16.4 Å². The lowest BCUT2D eigenvalue weighted by atomic mass is 9.83. The molecule has 2 N–H and O–H groups in total. The highest BCUT2D eigenvalue weighted by molar-refractivity contribution is 6.30. The fourth-order valence-corrected chi connectivity index (χ4v) is 2.38. The van der Waals surface area contributed by atoms with E-state index in [9.17, 15) is 9.59 Å². The van der Waals surface area contributed by atoms with Gasteiger partial charge in [0.2, 0.25) is 11.8 Å². The molecule has 0 saturated carbocycles. The first kappa shape index (κ1) is 19.0. The zero-order chi connectivity index (χ0) is 18.4. The van der Waals surface area contributed by atoms with Gasteiger partial charge >= 0.3 is 0 Å². The maximum absolute atomic E-state index is 12.6. The van der Waals surface area contributed by atoms with E-state index in [4.69, 9.17) is 16.3 Å². The molecule has 2 amide bonds. The summed E-state index contributed by atoms with van der Waals surface area (Å²) in [5.41, 5.74) is 1.45. The third-order valence-electron chi connectivity index (χ3n) is 3.84. The first-order valence-corrected chi connectivity index (χ1v) is 8.17. The summed E-state index contributed by atoms with van der Waals surface area (Å²) < 4.78 is 4.76. The summed E-state index contributed by atoms with van der Waals surface area (Å²) in [6.07, 6.45) is 0. The molecule has 0 aliphatic rings. The molecule has 2 aromatic carbocycles. The van der Waals surface area contributed by atoms with Crippen LogP contribution in [0, 0.1) is 0 Å². The van der Waals surface area contributed by atoms with Gasteiger partial charge in [-0.15, -0.1) is 0 Å². The molecule has 0 atom stereocenters. The molecule has 0 fully saturated rings. The summed E-state index contributed by atoms with van der Waals surface area (Å²) >= 11 is 5.90. The molecule has 5 nitrogen and oxygen atoms in total. The lowest BCUT2D eigenvalue weighted by molar-refractivity contribution is -0.120. The van der Waals surface area contributed by atoms with Gasteiger partial charge in [-0.25, -0.2) is 0 Å². The van der Waals surface area contributed by atoms with Crippen LogP contribution in [-0.2, 0) is 19.7 Å². The van der Waals surface area contributed by atoms with Gasteiger partial charge < -0.3 is 15.4 Å². The number of hydrogen-bond acceptors (Lipinski definition) is 3. The van der Waals surface area contributed by atoms with E-state index in [1.807, 2.05) is 26.0 Å². The molecule has 0 aliphatic heterocycles. The van der Waals surface area contributed by atoms with Crippen LogP contribution in [0.15, 0.2) is 48.5 Å². The third kappa shape index (κ3) is 5.05. The number of ether oxygens (including phenoxy) is 1. The van der Waals surface area contributed by atoms with Gasteiger partial charge in [-0.1, -0.05) is 23.7 Å². The van der Waals surface area contributed by atoms with Gasteiger partial charge in [0.25, 0.3) is 0 Å². The summed E-state index contributed by atoms with van der Waals surface area (Å²) in [4.78, 5) is 24.1. The van der Waals surface area contributed by atoms with Crippen LogP contribution in [-0.4, -0.2) is 25.5 Å². The van der Waals surface area contributed by atoms with Gasteiger partial charge in [0.1, 0.15) is 6.61 Å². The van der Waals surface area contributed by atoms with Crippen LogP contribution in [0.25, 0.3) is 0 Å². The number of carbonyl (C=O) groups is 2. The molecule has 6 heteroatoms. The summed E-state index contributed by atoms with van der Waals surface area (Å²) in [5, 5.41) is 6.22. The van der Waals surface area contributed by atoms with Crippen molar-refractivity contribution in [3.05, 3.63) is 59.1 Å². The molecule has 25 heavy (non-hydrogen) atoms. The quantitative estimate of drug-likeness (QED) is 0.822. The Balaban J connectivity index is 2.04. The molecule has 0 spiro atoms. The molecular weight excluding hydrogens is 340 g/mol. The van der Waals surface area contributed by atoms with Crippen molar-refractivity contribution in [2.45, 2.75) is 19.3 Å². The van der Waals surface area contributed by atoms with E-state index in [1.165, 1.54) is 7.11 Å². The van der Waals surface area contributed by atoms with Gasteiger partial charge in [0.05, 0.1) is 5.41 Å². The Bertz CT molecular complexity index is 740. The third-order valence-corrected chi connectivity index (χ3v) is 4.09. The monoisotopic (exact) mass is 360 g/mol. The molecule has 0 bridgehead atoms. The van der Waals surface area contributed by atoms with Crippen molar-refractivity contribution in [3.63, 3.8) is 0 Å². The van der Waals surface area contributed by atoms with E-state index in [1.54, 1.807) is 36.4 Å². The van der Waals surface area contributed by atoms with E-state index < -0.39 is 5.41 Å². The van der Waals surface area contributed by atoms with Crippen molar-refractivity contribution < 1.29 is 14.3 Å². The summed E-state index contributed by atoms with van der Waals surface area (Å²) in [5.74, 6) is -0.367. The average molecular weight is 361 g/mol. The molecule has 2 rings (SSSR count). The zero-order valence-electron chi connectivity index (χ0n) is 14.4. The van der Waals surface area contributed by atoms with Crippen LogP contribution < -0.4 is 10.6 Å². The average Bonchev–Trinajstić information content (AvgIpc) is 2.57. The minimum absolute atomic E-state index is 0.00618. The van der Waals surface area contributed by atoms with Crippen LogP contribution in [0.5, 0.6) is 0 Å². The van der Waals surface area contributed by atoms with Gasteiger partial charge in [-0.3, -0.25) is 9.59 Å². The number of nitrogens with one attached hydrogen (secondary N) is 2. The van der Waals surface area contributed by atoms with E-state index in [0.717, 1.165) is 5.56 Å². The molecule has 0 unspecified atom stereocenters. The second-order valence-electron chi connectivity index (χ2n) is 6.14. The van der Waals surface area contributed by atoms with Crippen molar-refractivity contribution in [2.75, 3.05) is 24.4 Å². The Morgan fingerprint density at radius 1 is 0.960 bits per heavy atom. The number of anilines is 2. The van der Waals surface area contributed by atoms with Crippen molar-refractivity contribution >= 4 is 34.8 Å². The standard InChI is InChI=1S/C19H21ClN2O3/c1-19(2,13-4-6-14(20)7-5-13)18(24)22-16-10-8-15(9-11-16)21-17(23)12-25-3/h4-11H,12H2,1-3H3,(H,21,23)(H,22,24). The molecular formula is C19H21ClN2O3. The van der Waals surface area contributed by atoms with Crippen molar-refractivity contribution in [3.8, 4) is 0 Å². The molecule has 0 aromatic heterocycles. The minimum atomic E-state index is -0.712. The van der Waals surface area contributed by atoms with E-state index in [2.05, 4.69) is 10.6 Å². The van der Waals surface area contributed by atoms with Crippen LogP contribution in [0.4, 0.5) is 11.4 Å². The van der Waals surface area contributed by atoms with E-state index in [-0.39, 0.29) is 18.4 Å². The topological polar surface area (TPSA) is 67.4 Å². The van der Waals surface area contributed by atoms with Crippen LogP contribution in [0.2, 0.25) is 5.02 Å². The van der Waals surface area contributed by atoms with Crippen molar-refractivity contribution in [1.82, 2.24) is 0 Å². The number of amides is 2. The Kier molecular flexibility index (Phi) is 6.17. The highest BCUT2D eigenvalue weighted by atomic mass is 35.5. The number of hydrogen-bond donors (Lipinski definition) is 2. The summed E-state index contributed by atoms with van der Waals surface area (Å²) in [7, 11) is 1.46. The fourth-order valence-electron chi connectivity index (χ4n) is 2.25. The first-order valence-electron chi connectivity index (χ1n) is 7.79. The van der Waals surface area contributed by atoms with Gasteiger partial charge in [-0.2, -0.15) is 0 Å². The molecule has 0 radical (unpaired) electrons. The van der Waals surface area contributed by atoms with Gasteiger partial charge in [0, 0.05) is 23.5 Å². The molecule has 0 saturated heterocycles. The second kappa shape index (κ2) is 8.14. The molecule has 132 valence electrons. The maximum Gasteiger partial charge on any atom is 0.250 e. The SMILES string of the molecule is COCC(=O)Nc1ccc(NC(=O)C(C)(C)c2ccc(Cl)cc2)cc1.